The molecule has 3 aromatic carbocycles. The highest BCUT2D eigenvalue weighted by Gasteiger charge is 2.40. The van der Waals surface area contributed by atoms with E-state index in [1.807, 2.05) is 0 Å². The summed E-state index contributed by atoms with van der Waals surface area (Å²) in [5.41, 5.74) is 6.42. The van der Waals surface area contributed by atoms with Crippen LogP contribution in [0.2, 0.25) is 0 Å². The Bertz CT molecular complexity index is 958. The molecule has 28 heavy (non-hydrogen) atoms. The Morgan fingerprint density at radius 2 is 0.964 bits per heavy atom. The van der Waals surface area contributed by atoms with Crippen LogP contribution in [0, 0.1) is 0 Å². The first kappa shape index (κ1) is 17.0. The van der Waals surface area contributed by atoms with Gasteiger partial charge in [-0.1, -0.05) is 42.5 Å². The topological polar surface area (TPSA) is 13.0 Å². The molecule has 0 aliphatic carbocycles. The second kappa shape index (κ2) is 6.48. The van der Waals surface area contributed by atoms with Gasteiger partial charge in [0.1, 0.15) is 12.3 Å². The fraction of sp³-hybridized carbons (Fsp3) is 0.250. The maximum atomic E-state index is 2.49. The van der Waals surface area contributed by atoms with Gasteiger partial charge in [-0.2, -0.15) is 0 Å². The molecule has 0 radical (unpaired) electrons. The van der Waals surface area contributed by atoms with Crippen molar-refractivity contribution in [2.75, 3.05) is 40.7 Å². The monoisotopic (exact) mass is 370 g/mol. The molecule has 4 heteroatoms. The summed E-state index contributed by atoms with van der Waals surface area (Å²) in [6.07, 6.45) is 1.57. The van der Waals surface area contributed by atoms with Crippen LogP contribution in [0.15, 0.2) is 78.9 Å². The van der Waals surface area contributed by atoms with Crippen LogP contribution in [-0.2, 0) is 0 Å². The van der Waals surface area contributed by atoms with Crippen molar-refractivity contribution in [3.8, 4) is 0 Å². The molecule has 0 fully saturated rings. The predicted octanol–water partition coefficient (Wildman–Crippen LogP) is 4.90. The first-order chi connectivity index (χ1) is 13.7. The zero-order valence-corrected chi connectivity index (χ0v) is 16.7. The molecule has 2 aliphatic heterocycles. The summed E-state index contributed by atoms with van der Waals surface area (Å²) in [5.74, 6) is 0. The van der Waals surface area contributed by atoms with Crippen molar-refractivity contribution in [3.63, 3.8) is 0 Å². The normalized spacial score (nSPS) is 18.6. The molecule has 1 atom stereocenters. The summed E-state index contributed by atoms with van der Waals surface area (Å²) in [6.45, 7) is 0. The van der Waals surface area contributed by atoms with Gasteiger partial charge in [0.2, 0.25) is 0 Å². The first-order valence-electron chi connectivity index (χ1n) is 9.87. The Balaban J connectivity index is 1.52. The molecule has 2 heterocycles. The van der Waals surface area contributed by atoms with Gasteiger partial charge < -0.3 is 19.6 Å². The average molecular weight is 371 g/mol. The Labute approximate surface area is 167 Å². The van der Waals surface area contributed by atoms with Gasteiger partial charge in [0.25, 0.3) is 0 Å². The molecule has 0 aromatic heterocycles. The van der Waals surface area contributed by atoms with E-state index in [0.717, 1.165) is 6.42 Å². The van der Waals surface area contributed by atoms with Crippen molar-refractivity contribution in [2.24, 2.45) is 0 Å². The highest BCUT2D eigenvalue weighted by Crippen LogP contribution is 2.46. The van der Waals surface area contributed by atoms with E-state index in [0.29, 0.717) is 6.17 Å². The van der Waals surface area contributed by atoms with Crippen molar-refractivity contribution in [1.29, 1.82) is 0 Å². The lowest BCUT2D eigenvalue weighted by Gasteiger charge is -2.37. The van der Waals surface area contributed by atoms with E-state index in [4.69, 9.17) is 0 Å². The number of benzene rings is 3. The number of fused-ring (bicyclic) bond motifs is 2. The lowest BCUT2D eigenvalue weighted by Crippen LogP contribution is -2.48. The fourth-order valence-electron chi connectivity index (χ4n) is 4.77. The van der Waals surface area contributed by atoms with Gasteiger partial charge in [0.05, 0.1) is 22.7 Å². The second-order valence-corrected chi connectivity index (χ2v) is 7.71. The molecule has 4 nitrogen and oxygen atoms in total. The summed E-state index contributed by atoms with van der Waals surface area (Å²) in [6, 6.07) is 28.1. The number of rotatable bonds is 3. The number of para-hydroxylation sites is 5. The van der Waals surface area contributed by atoms with Crippen molar-refractivity contribution in [3.05, 3.63) is 78.9 Å². The van der Waals surface area contributed by atoms with E-state index in [9.17, 15) is 0 Å². The minimum atomic E-state index is 0.254. The molecule has 0 spiro atoms. The lowest BCUT2D eigenvalue weighted by atomic mass is 10.2. The van der Waals surface area contributed by atoms with Crippen LogP contribution in [0.4, 0.5) is 28.4 Å². The average Bonchev–Trinajstić information content (AvgIpc) is 3.16. The molecule has 142 valence electrons. The Morgan fingerprint density at radius 1 is 0.536 bits per heavy atom. The van der Waals surface area contributed by atoms with Gasteiger partial charge >= 0.3 is 0 Å². The summed E-state index contributed by atoms with van der Waals surface area (Å²) >= 11 is 0. The van der Waals surface area contributed by atoms with Crippen LogP contribution >= 0.6 is 0 Å². The highest BCUT2D eigenvalue weighted by molar-refractivity contribution is 5.84. The maximum absolute atomic E-state index is 2.49. The molecule has 2 aliphatic rings. The summed E-state index contributed by atoms with van der Waals surface area (Å²) in [4.78, 5) is 9.73. The van der Waals surface area contributed by atoms with Gasteiger partial charge in [-0.25, -0.2) is 0 Å². The van der Waals surface area contributed by atoms with Crippen molar-refractivity contribution >= 4 is 28.4 Å². The van der Waals surface area contributed by atoms with E-state index in [1.165, 1.54) is 28.4 Å². The van der Waals surface area contributed by atoms with Crippen molar-refractivity contribution < 1.29 is 0 Å². The fourth-order valence-corrected chi connectivity index (χ4v) is 4.77. The van der Waals surface area contributed by atoms with E-state index in [-0.39, 0.29) is 6.17 Å². The zero-order chi connectivity index (χ0) is 19.3. The minimum absolute atomic E-state index is 0.254. The molecular weight excluding hydrogens is 344 g/mol. The Hall–Kier alpha value is -3.14. The number of hydrogen-bond acceptors (Lipinski definition) is 4. The van der Waals surface area contributed by atoms with E-state index in [2.05, 4.69) is 120 Å². The molecule has 1 unspecified atom stereocenters. The molecular formula is C24H26N4. The van der Waals surface area contributed by atoms with Crippen LogP contribution < -0.4 is 19.6 Å². The van der Waals surface area contributed by atoms with Gasteiger partial charge in [-0.15, -0.1) is 0 Å². The van der Waals surface area contributed by atoms with E-state index >= 15 is 0 Å². The third kappa shape index (κ3) is 2.44. The quantitative estimate of drug-likeness (QED) is 0.650. The molecule has 0 saturated carbocycles. The molecule has 0 bridgehead atoms. The summed E-state index contributed by atoms with van der Waals surface area (Å²) < 4.78 is 0. The van der Waals surface area contributed by atoms with Crippen molar-refractivity contribution in [2.45, 2.75) is 18.8 Å². The van der Waals surface area contributed by atoms with Crippen LogP contribution in [0.25, 0.3) is 0 Å². The molecule has 0 saturated heterocycles. The Morgan fingerprint density at radius 3 is 1.54 bits per heavy atom. The standard InChI is InChI=1S/C24H26N4/c1-25-19-13-7-8-14-20(19)26(2)23(25)17-24-27(3)21-15-9-10-16-22(21)28(24)18-11-5-4-6-12-18/h4-16,23-24H,17H2,1-3H3. The second-order valence-electron chi connectivity index (χ2n) is 7.71. The van der Waals surface area contributed by atoms with Crippen LogP contribution in [0.5, 0.6) is 0 Å². The first-order valence-corrected chi connectivity index (χ1v) is 9.87. The molecule has 5 rings (SSSR count). The van der Waals surface area contributed by atoms with Crippen LogP contribution in [0.1, 0.15) is 6.42 Å². The van der Waals surface area contributed by atoms with Gasteiger partial charge in [-0.3, -0.25) is 0 Å². The summed E-state index contributed by atoms with van der Waals surface area (Å²) in [7, 11) is 6.64. The molecule has 0 N–H and O–H groups in total. The minimum Gasteiger partial charge on any atom is -0.352 e. The summed E-state index contributed by atoms with van der Waals surface area (Å²) in [5, 5.41) is 0. The van der Waals surface area contributed by atoms with Gasteiger partial charge in [0, 0.05) is 33.3 Å². The SMILES string of the molecule is CN1c2ccccc2N(C)C1CC1N(C)c2ccccc2N1c1ccccc1. The molecule has 3 aromatic rings. The third-order valence-electron chi connectivity index (χ3n) is 6.26. The number of nitrogens with zero attached hydrogens (tertiary/aromatic N) is 4. The number of anilines is 5. The zero-order valence-electron chi connectivity index (χ0n) is 16.7. The smallest absolute Gasteiger partial charge is 0.110 e. The van der Waals surface area contributed by atoms with Crippen LogP contribution in [-0.4, -0.2) is 33.5 Å². The number of hydrogen-bond donors (Lipinski definition) is 0. The van der Waals surface area contributed by atoms with Gasteiger partial charge in [0.15, 0.2) is 0 Å². The highest BCUT2D eigenvalue weighted by atomic mass is 15.4. The maximum Gasteiger partial charge on any atom is 0.110 e. The largest absolute Gasteiger partial charge is 0.352 e. The van der Waals surface area contributed by atoms with E-state index in [1.54, 1.807) is 0 Å². The Kier molecular flexibility index (Phi) is 3.93. The molecule has 0 amide bonds. The van der Waals surface area contributed by atoms with Crippen LogP contribution in [0.3, 0.4) is 0 Å². The van der Waals surface area contributed by atoms with E-state index < -0.39 is 0 Å². The third-order valence-corrected chi connectivity index (χ3v) is 6.26. The van der Waals surface area contributed by atoms with Gasteiger partial charge in [-0.05, 0) is 36.4 Å². The predicted molar refractivity (Wildman–Crippen MR) is 119 cm³/mol. The lowest BCUT2D eigenvalue weighted by molar-refractivity contribution is 0.513. The van der Waals surface area contributed by atoms with Crippen molar-refractivity contribution in [1.82, 2.24) is 0 Å².